The van der Waals surface area contributed by atoms with Crippen LogP contribution in [-0.2, 0) is 9.47 Å². The van der Waals surface area contributed by atoms with E-state index in [2.05, 4.69) is 9.47 Å². The standard InChI is InChI=1S/C10H8O.C4H10O2/c11-10-6-5-8-3-1-2-4-9(8)7-10;1-5-3-4-6-2/h1-7,11H;3-4H2,1-2H3. The van der Waals surface area contributed by atoms with Crippen molar-refractivity contribution >= 4 is 10.8 Å². The largest absolute Gasteiger partial charge is 0.508 e. The molecule has 0 unspecified atom stereocenters. The normalized spacial score (nSPS) is 9.76. The maximum atomic E-state index is 9.13. The molecule has 0 aliphatic heterocycles. The summed E-state index contributed by atoms with van der Waals surface area (Å²) in [5.74, 6) is 0.323. The van der Waals surface area contributed by atoms with Gasteiger partial charge in [-0.2, -0.15) is 0 Å². The Morgan fingerprint density at radius 3 is 2.06 bits per heavy atom. The lowest BCUT2D eigenvalue weighted by Crippen LogP contribution is -1.96. The minimum absolute atomic E-state index is 0.323. The first-order valence-electron chi connectivity index (χ1n) is 5.43. The van der Waals surface area contributed by atoms with Gasteiger partial charge >= 0.3 is 0 Å². The molecular weight excluding hydrogens is 216 g/mol. The fourth-order valence-electron chi connectivity index (χ4n) is 1.34. The van der Waals surface area contributed by atoms with Crippen LogP contribution in [0.15, 0.2) is 42.5 Å². The van der Waals surface area contributed by atoms with E-state index < -0.39 is 0 Å². The summed E-state index contributed by atoms with van der Waals surface area (Å²) in [6.45, 7) is 1.38. The number of rotatable bonds is 3. The van der Waals surface area contributed by atoms with Crippen LogP contribution in [0.5, 0.6) is 5.75 Å². The zero-order chi connectivity index (χ0) is 12.5. The molecule has 17 heavy (non-hydrogen) atoms. The van der Waals surface area contributed by atoms with Crippen LogP contribution < -0.4 is 0 Å². The molecule has 0 fully saturated rings. The number of aromatic hydroxyl groups is 1. The Kier molecular flexibility index (Phi) is 6.07. The second kappa shape index (κ2) is 7.65. The van der Waals surface area contributed by atoms with Gasteiger partial charge in [0.05, 0.1) is 13.2 Å². The molecule has 0 amide bonds. The van der Waals surface area contributed by atoms with Gasteiger partial charge in [0.1, 0.15) is 5.75 Å². The van der Waals surface area contributed by atoms with Gasteiger partial charge in [0, 0.05) is 14.2 Å². The quantitative estimate of drug-likeness (QED) is 0.830. The molecule has 2 aromatic rings. The summed E-state index contributed by atoms with van der Waals surface area (Å²) in [5.41, 5.74) is 0. The highest BCUT2D eigenvalue weighted by molar-refractivity contribution is 5.83. The molecular formula is C14H18O3. The maximum absolute atomic E-state index is 9.13. The predicted octanol–water partition coefficient (Wildman–Crippen LogP) is 2.82. The Labute approximate surface area is 102 Å². The Balaban J connectivity index is 0.000000209. The third-order valence-corrected chi connectivity index (χ3v) is 2.22. The molecule has 0 radical (unpaired) electrons. The van der Waals surface area contributed by atoms with E-state index >= 15 is 0 Å². The zero-order valence-electron chi connectivity index (χ0n) is 10.2. The van der Waals surface area contributed by atoms with Crippen molar-refractivity contribution in [3.63, 3.8) is 0 Å². The minimum atomic E-state index is 0.323. The molecule has 3 heteroatoms. The Bertz CT molecular complexity index is 436. The smallest absolute Gasteiger partial charge is 0.116 e. The number of ether oxygens (including phenoxy) is 2. The summed E-state index contributed by atoms with van der Waals surface area (Å²) < 4.78 is 9.31. The minimum Gasteiger partial charge on any atom is -0.508 e. The Morgan fingerprint density at radius 1 is 0.882 bits per heavy atom. The number of hydrogen-bond donors (Lipinski definition) is 1. The summed E-state index contributed by atoms with van der Waals surface area (Å²) >= 11 is 0. The van der Waals surface area contributed by atoms with Crippen molar-refractivity contribution in [2.45, 2.75) is 0 Å². The van der Waals surface area contributed by atoms with Gasteiger partial charge < -0.3 is 14.6 Å². The van der Waals surface area contributed by atoms with Crippen LogP contribution in [0.4, 0.5) is 0 Å². The van der Waals surface area contributed by atoms with Crippen LogP contribution in [0, 0.1) is 0 Å². The Morgan fingerprint density at radius 2 is 1.47 bits per heavy atom. The predicted molar refractivity (Wildman–Crippen MR) is 69.4 cm³/mol. The lowest BCUT2D eigenvalue weighted by molar-refractivity contribution is 0.103. The first-order valence-corrected chi connectivity index (χ1v) is 5.43. The molecule has 0 spiro atoms. The molecule has 0 saturated heterocycles. The van der Waals surface area contributed by atoms with Crippen LogP contribution in [-0.4, -0.2) is 32.5 Å². The van der Waals surface area contributed by atoms with E-state index in [9.17, 15) is 0 Å². The van der Waals surface area contributed by atoms with E-state index in [1.165, 1.54) is 0 Å². The van der Waals surface area contributed by atoms with Crippen molar-refractivity contribution in [3.8, 4) is 5.75 Å². The van der Waals surface area contributed by atoms with Crippen molar-refractivity contribution < 1.29 is 14.6 Å². The van der Waals surface area contributed by atoms with Gasteiger partial charge in [0.15, 0.2) is 0 Å². The van der Waals surface area contributed by atoms with Gasteiger partial charge in [-0.25, -0.2) is 0 Å². The van der Waals surface area contributed by atoms with Gasteiger partial charge in [-0.15, -0.1) is 0 Å². The van der Waals surface area contributed by atoms with E-state index in [1.54, 1.807) is 26.4 Å². The molecule has 2 aromatic carbocycles. The van der Waals surface area contributed by atoms with Gasteiger partial charge in [-0.3, -0.25) is 0 Å². The molecule has 0 saturated carbocycles. The fraction of sp³-hybridized carbons (Fsp3) is 0.286. The summed E-state index contributed by atoms with van der Waals surface area (Å²) in [6.07, 6.45) is 0. The third kappa shape index (κ3) is 4.85. The van der Waals surface area contributed by atoms with Gasteiger partial charge in [-0.05, 0) is 22.9 Å². The average Bonchev–Trinajstić information content (AvgIpc) is 2.37. The Hall–Kier alpha value is -1.58. The molecule has 1 N–H and O–H groups in total. The molecule has 92 valence electrons. The number of phenolic OH excluding ortho intramolecular Hbond substituents is 1. The second-order valence-corrected chi connectivity index (χ2v) is 3.52. The van der Waals surface area contributed by atoms with Crippen molar-refractivity contribution in [2.75, 3.05) is 27.4 Å². The maximum Gasteiger partial charge on any atom is 0.116 e. The number of hydrogen-bond acceptors (Lipinski definition) is 3. The second-order valence-electron chi connectivity index (χ2n) is 3.52. The van der Waals surface area contributed by atoms with Crippen molar-refractivity contribution in [2.24, 2.45) is 0 Å². The average molecular weight is 234 g/mol. The highest BCUT2D eigenvalue weighted by atomic mass is 16.5. The van der Waals surface area contributed by atoms with Gasteiger partial charge in [0.2, 0.25) is 0 Å². The van der Waals surface area contributed by atoms with Crippen molar-refractivity contribution in [3.05, 3.63) is 42.5 Å². The van der Waals surface area contributed by atoms with Crippen LogP contribution in [0.1, 0.15) is 0 Å². The summed E-state index contributed by atoms with van der Waals surface area (Å²) in [6, 6.07) is 13.3. The summed E-state index contributed by atoms with van der Waals surface area (Å²) in [5, 5.41) is 11.4. The third-order valence-electron chi connectivity index (χ3n) is 2.22. The van der Waals surface area contributed by atoms with Crippen LogP contribution in [0.2, 0.25) is 0 Å². The summed E-state index contributed by atoms with van der Waals surface area (Å²) in [7, 11) is 3.30. The molecule has 3 nitrogen and oxygen atoms in total. The highest BCUT2D eigenvalue weighted by Crippen LogP contribution is 2.18. The number of benzene rings is 2. The first-order chi connectivity index (χ1) is 8.27. The number of methoxy groups -OCH3 is 2. The van der Waals surface area contributed by atoms with Crippen LogP contribution in [0.3, 0.4) is 0 Å². The van der Waals surface area contributed by atoms with Crippen molar-refractivity contribution in [1.82, 2.24) is 0 Å². The van der Waals surface area contributed by atoms with Crippen LogP contribution in [0.25, 0.3) is 10.8 Å². The molecule has 0 atom stereocenters. The van der Waals surface area contributed by atoms with Crippen LogP contribution >= 0.6 is 0 Å². The molecule has 0 bridgehead atoms. The molecule has 0 aliphatic carbocycles. The SMILES string of the molecule is COCCOC.Oc1ccc2ccccc2c1. The van der Waals surface area contributed by atoms with E-state index in [0.717, 1.165) is 10.8 Å². The zero-order valence-corrected chi connectivity index (χ0v) is 10.2. The lowest BCUT2D eigenvalue weighted by Gasteiger charge is -1.96. The van der Waals surface area contributed by atoms with Gasteiger partial charge in [-0.1, -0.05) is 30.3 Å². The van der Waals surface area contributed by atoms with E-state index in [1.807, 2.05) is 30.3 Å². The van der Waals surface area contributed by atoms with Gasteiger partial charge in [0.25, 0.3) is 0 Å². The molecule has 0 aromatic heterocycles. The topological polar surface area (TPSA) is 38.7 Å². The van der Waals surface area contributed by atoms with E-state index in [4.69, 9.17) is 5.11 Å². The molecule has 2 rings (SSSR count). The monoisotopic (exact) mass is 234 g/mol. The molecule has 0 heterocycles. The fourth-order valence-corrected chi connectivity index (χ4v) is 1.34. The molecule has 0 aliphatic rings. The number of phenols is 1. The summed E-state index contributed by atoms with van der Waals surface area (Å²) in [4.78, 5) is 0. The first kappa shape index (κ1) is 13.5. The van der Waals surface area contributed by atoms with Crippen molar-refractivity contribution in [1.29, 1.82) is 0 Å². The highest BCUT2D eigenvalue weighted by Gasteiger charge is 1.91. The number of fused-ring (bicyclic) bond motifs is 1. The lowest BCUT2D eigenvalue weighted by atomic mass is 10.1. The van der Waals surface area contributed by atoms with E-state index in [-0.39, 0.29) is 0 Å². The van der Waals surface area contributed by atoms with E-state index in [0.29, 0.717) is 19.0 Å².